The molecule has 1 saturated heterocycles. The van der Waals surface area contributed by atoms with E-state index >= 15 is 0 Å². The van der Waals surface area contributed by atoms with Crippen molar-refractivity contribution in [2.24, 2.45) is 0 Å². The zero-order chi connectivity index (χ0) is 26.1. The lowest BCUT2D eigenvalue weighted by molar-refractivity contribution is -0.133. The minimum absolute atomic E-state index is 0.0907. The van der Waals surface area contributed by atoms with E-state index in [0.717, 1.165) is 23.9 Å². The number of piperazine rings is 1. The zero-order valence-corrected chi connectivity index (χ0v) is 22.1. The van der Waals surface area contributed by atoms with E-state index in [1.807, 2.05) is 41.3 Å². The number of hydrogen-bond acceptors (Lipinski definition) is 4. The molecule has 2 aliphatic rings. The van der Waals surface area contributed by atoms with Crippen LogP contribution in [0.4, 0.5) is 5.69 Å². The highest BCUT2D eigenvalue weighted by molar-refractivity contribution is 7.93. The van der Waals surface area contributed by atoms with Crippen molar-refractivity contribution in [3.05, 3.63) is 108 Å². The van der Waals surface area contributed by atoms with Crippen molar-refractivity contribution >= 4 is 32.4 Å². The number of benzene rings is 4. The van der Waals surface area contributed by atoms with E-state index in [2.05, 4.69) is 53.4 Å². The van der Waals surface area contributed by atoms with Crippen molar-refractivity contribution in [3.63, 3.8) is 0 Å². The van der Waals surface area contributed by atoms with Gasteiger partial charge in [-0.05, 0) is 35.1 Å². The first-order valence-electron chi connectivity index (χ1n) is 13.2. The van der Waals surface area contributed by atoms with Gasteiger partial charge in [0.1, 0.15) is 0 Å². The van der Waals surface area contributed by atoms with Crippen molar-refractivity contribution in [3.8, 4) is 0 Å². The van der Waals surface area contributed by atoms with Crippen LogP contribution in [0.1, 0.15) is 30.0 Å². The molecule has 6 rings (SSSR count). The Labute approximate surface area is 224 Å². The third-order valence-electron chi connectivity index (χ3n) is 7.70. The van der Waals surface area contributed by atoms with Crippen LogP contribution in [0.3, 0.4) is 0 Å². The molecular formula is C31H31N3O3S. The number of carbonyl (C=O) groups is 1. The predicted octanol–water partition coefficient (Wildman–Crippen LogP) is 5.06. The first-order chi connectivity index (χ1) is 18.5. The molecule has 0 saturated carbocycles. The van der Waals surface area contributed by atoms with Gasteiger partial charge in [0.05, 0.1) is 16.6 Å². The van der Waals surface area contributed by atoms with Crippen LogP contribution in [-0.4, -0.2) is 56.8 Å². The molecule has 194 valence electrons. The highest BCUT2D eigenvalue weighted by atomic mass is 32.2. The van der Waals surface area contributed by atoms with Crippen LogP contribution in [0.2, 0.25) is 0 Å². The Kier molecular flexibility index (Phi) is 6.64. The van der Waals surface area contributed by atoms with E-state index in [4.69, 9.17) is 0 Å². The van der Waals surface area contributed by atoms with Crippen LogP contribution in [0.15, 0.2) is 102 Å². The second kappa shape index (κ2) is 10.2. The average molecular weight is 526 g/mol. The lowest BCUT2D eigenvalue weighted by Gasteiger charge is -2.40. The monoisotopic (exact) mass is 525 g/mol. The Morgan fingerprint density at radius 1 is 0.737 bits per heavy atom. The molecule has 1 amide bonds. The lowest BCUT2D eigenvalue weighted by atomic mass is 9.96. The standard InChI is InChI=1S/C31H31N3O3S/c35-29(18-9-19-34-27-16-7-14-24-15-8-17-28(30(24)27)38(34,36)37)32-20-22-33(23-21-32)31(25-10-3-1-4-11-25)26-12-5-2-6-13-26/h1-8,10-17,31H,9,18-23H2. The summed E-state index contributed by atoms with van der Waals surface area (Å²) >= 11 is 0. The summed E-state index contributed by atoms with van der Waals surface area (Å²) in [4.78, 5) is 17.8. The molecule has 0 radical (unpaired) electrons. The molecule has 0 atom stereocenters. The topological polar surface area (TPSA) is 60.9 Å². The minimum Gasteiger partial charge on any atom is -0.340 e. The molecule has 0 spiro atoms. The first-order valence-corrected chi connectivity index (χ1v) is 14.6. The van der Waals surface area contributed by atoms with Crippen molar-refractivity contribution in [1.82, 2.24) is 9.80 Å². The smallest absolute Gasteiger partial charge is 0.265 e. The number of carbonyl (C=O) groups excluding carboxylic acids is 1. The summed E-state index contributed by atoms with van der Waals surface area (Å²) in [7, 11) is -3.59. The number of amides is 1. The van der Waals surface area contributed by atoms with Gasteiger partial charge >= 0.3 is 0 Å². The molecule has 0 aromatic heterocycles. The maximum atomic E-state index is 13.2. The quantitative estimate of drug-likeness (QED) is 0.338. The van der Waals surface area contributed by atoms with Gasteiger partial charge in [-0.15, -0.1) is 0 Å². The summed E-state index contributed by atoms with van der Waals surface area (Å²) < 4.78 is 27.9. The molecule has 0 bridgehead atoms. The lowest BCUT2D eigenvalue weighted by Crippen LogP contribution is -2.50. The Morgan fingerprint density at radius 3 is 1.97 bits per heavy atom. The Bertz CT molecular complexity index is 1500. The van der Waals surface area contributed by atoms with Gasteiger partial charge < -0.3 is 4.90 Å². The molecule has 2 heterocycles. The summed E-state index contributed by atoms with van der Waals surface area (Å²) in [5, 5.41) is 1.70. The van der Waals surface area contributed by atoms with Gasteiger partial charge in [0.2, 0.25) is 5.91 Å². The Hall–Kier alpha value is -3.68. The van der Waals surface area contributed by atoms with E-state index in [1.165, 1.54) is 15.4 Å². The van der Waals surface area contributed by atoms with Gasteiger partial charge in [-0.25, -0.2) is 8.42 Å². The van der Waals surface area contributed by atoms with E-state index in [1.54, 1.807) is 12.1 Å². The maximum Gasteiger partial charge on any atom is 0.265 e. The predicted molar refractivity (Wildman–Crippen MR) is 151 cm³/mol. The van der Waals surface area contributed by atoms with Gasteiger partial charge in [0.25, 0.3) is 10.0 Å². The van der Waals surface area contributed by atoms with E-state index < -0.39 is 10.0 Å². The number of nitrogens with zero attached hydrogens (tertiary/aromatic N) is 3. The van der Waals surface area contributed by atoms with Crippen molar-refractivity contribution in [2.45, 2.75) is 23.8 Å². The summed E-state index contributed by atoms with van der Waals surface area (Å²) in [6.07, 6.45) is 0.818. The van der Waals surface area contributed by atoms with E-state index in [9.17, 15) is 13.2 Å². The fourth-order valence-electron chi connectivity index (χ4n) is 5.85. The second-order valence-corrected chi connectivity index (χ2v) is 11.8. The molecule has 0 unspecified atom stereocenters. The molecule has 7 heteroatoms. The highest BCUT2D eigenvalue weighted by Gasteiger charge is 2.35. The maximum absolute atomic E-state index is 13.2. The average Bonchev–Trinajstić information content (AvgIpc) is 3.18. The summed E-state index contributed by atoms with van der Waals surface area (Å²) in [5.74, 6) is 0.0907. The normalized spacial score (nSPS) is 16.9. The fourth-order valence-corrected chi connectivity index (χ4v) is 7.59. The van der Waals surface area contributed by atoms with Crippen molar-refractivity contribution in [1.29, 1.82) is 0 Å². The van der Waals surface area contributed by atoms with Crippen molar-refractivity contribution in [2.75, 3.05) is 37.0 Å². The number of rotatable bonds is 7. The Balaban J connectivity index is 1.08. The van der Waals surface area contributed by atoms with Crippen LogP contribution >= 0.6 is 0 Å². The molecule has 6 nitrogen and oxygen atoms in total. The summed E-state index contributed by atoms with van der Waals surface area (Å²) in [5.41, 5.74) is 3.22. The third-order valence-corrected chi connectivity index (χ3v) is 9.55. The van der Waals surface area contributed by atoms with Crippen molar-refractivity contribution < 1.29 is 13.2 Å². The molecule has 2 aliphatic heterocycles. The van der Waals surface area contributed by atoms with Crippen LogP contribution in [0, 0.1) is 0 Å². The molecule has 1 fully saturated rings. The van der Waals surface area contributed by atoms with Crippen LogP contribution in [0.5, 0.6) is 0 Å². The summed E-state index contributed by atoms with van der Waals surface area (Å²) in [6.45, 7) is 3.21. The molecular weight excluding hydrogens is 494 g/mol. The second-order valence-electron chi connectivity index (χ2n) is 9.95. The van der Waals surface area contributed by atoms with Crippen LogP contribution in [-0.2, 0) is 14.8 Å². The third kappa shape index (κ3) is 4.46. The molecule has 0 N–H and O–H groups in total. The van der Waals surface area contributed by atoms with Gasteiger partial charge in [0, 0.05) is 44.5 Å². The minimum atomic E-state index is -3.59. The Morgan fingerprint density at radius 2 is 1.34 bits per heavy atom. The van der Waals surface area contributed by atoms with Gasteiger partial charge in [-0.3, -0.25) is 14.0 Å². The zero-order valence-electron chi connectivity index (χ0n) is 21.2. The number of sulfonamides is 1. The van der Waals surface area contributed by atoms with Gasteiger partial charge in [-0.1, -0.05) is 84.9 Å². The molecule has 4 aromatic carbocycles. The number of hydrogen-bond donors (Lipinski definition) is 0. The van der Waals surface area contributed by atoms with E-state index in [0.29, 0.717) is 43.1 Å². The van der Waals surface area contributed by atoms with Crippen LogP contribution in [0.25, 0.3) is 10.8 Å². The fraction of sp³-hybridized carbons (Fsp3) is 0.258. The highest BCUT2D eigenvalue weighted by Crippen LogP contribution is 2.42. The SMILES string of the molecule is O=C(CCCN1c2cccc3cccc(c23)S1(=O)=O)N1CCN(C(c2ccccc2)c2ccccc2)CC1. The largest absolute Gasteiger partial charge is 0.340 e. The van der Waals surface area contributed by atoms with E-state index in [-0.39, 0.29) is 11.9 Å². The molecule has 4 aromatic rings. The summed E-state index contributed by atoms with van der Waals surface area (Å²) in [6, 6.07) is 32.3. The molecule has 0 aliphatic carbocycles. The van der Waals surface area contributed by atoms with Gasteiger partial charge in [-0.2, -0.15) is 0 Å². The first kappa shape index (κ1) is 24.6. The number of anilines is 1. The van der Waals surface area contributed by atoms with Gasteiger partial charge in [0.15, 0.2) is 0 Å². The van der Waals surface area contributed by atoms with Crippen LogP contribution < -0.4 is 4.31 Å². The molecule has 38 heavy (non-hydrogen) atoms.